The lowest BCUT2D eigenvalue weighted by Gasteiger charge is -2.21. The molecule has 0 unspecified atom stereocenters. The van der Waals surface area contributed by atoms with Crippen LogP contribution in [0.25, 0.3) is 0 Å². The van der Waals surface area contributed by atoms with Crippen molar-refractivity contribution in [2.75, 3.05) is 13.2 Å². The molecule has 0 spiro atoms. The van der Waals surface area contributed by atoms with Crippen molar-refractivity contribution in [1.82, 2.24) is 9.29 Å². The van der Waals surface area contributed by atoms with Gasteiger partial charge in [0.2, 0.25) is 5.03 Å². The first-order chi connectivity index (χ1) is 8.07. The Balaban J connectivity index is 2.40. The van der Waals surface area contributed by atoms with E-state index in [0.717, 1.165) is 10.4 Å². The number of halogens is 1. The molecule has 0 amide bonds. The van der Waals surface area contributed by atoms with E-state index >= 15 is 0 Å². The number of rotatable bonds is 3. The predicted molar refractivity (Wildman–Crippen MR) is 58.2 cm³/mol. The number of aliphatic hydroxyl groups excluding tert-OH is 1. The van der Waals surface area contributed by atoms with Crippen LogP contribution in [0.1, 0.15) is 12.8 Å². The van der Waals surface area contributed by atoms with E-state index < -0.39 is 26.9 Å². The average molecular weight is 260 g/mol. The van der Waals surface area contributed by atoms with Gasteiger partial charge in [0.05, 0.1) is 6.61 Å². The fourth-order valence-electron chi connectivity index (χ4n) is 1.98. The van der Waals surface area contributed by atoms with Gasteiger partial charge in [0, 0.05) is 18.8 Å². The summed E-state index contributed by atoms with van der Waals surface area (Å²) < 4.78 is 38.8. The van der Waals surface area contributed by atoms with E-state index in [1.165, 1.54) is 12.3 Å². The summed E-state index contributed by atoms with van der Waals surface area (Å²) in [5.74, 6) is -0.865. The minimum atomic E-state index is -3.94. The van der Waals surface area contributed by atoms with Gasteiger partial charge < -0.3 is 5.11 Å². The standard InChI is InChI=1S/C10H13FN2O3S/c11-9-4-1-5-12-10(9)17(15,16)13-6-2-3-8(13)7-14/h1,4-5,8,14H,2-3,6-7H2/t8-/m0/s1. The van der Waals surface area contributed by atoms with Crippen molar-refractivity contribution in [3.05, 3.63) is 24.1 Å². The highest BCUT2D eigenvalue weighted by atomic mass is 32.2. The maximum absolute atomic E-state index is 13.4. The van der Waals surface area contributed by atoms with Crippen LogP contribution >= 0.6 is 0 Å². The third-order valence-corrected chi connectivity index (χ3v) is 4.70. The van der Waals surface area contributed by atoms with E-state index in [1.807, 2.05) is 0 Å². The van der Waals surface area contributed by atoms with Gasteiger partial charge in [-0.1, -0.05) is 0 Å². The molecule has 1 N–H and O–H groups in total. The summed E-state index contributed by atoms with van der Waals surface area (Å²) in [6, 6.07) is 1.92. The predicted octanol–water partition coefficient (Wildman–Crippen LogP) is 0.366. The summed E-state index contributed by atoms with van der Waals surface area (Å²) in [7, 11) is -3.94. The summed E-state index contributed by atoms with van der Waals surface area (Å²) in [4.78, 5) is 3.58. The number of aliphatic hydroxyl groups is 1. The molecule has 0 bridgehead atoms. The second kappa shape index (κ2) is 4.67. The van der Waals surface area contributed by atoms with E-state index in [1.54, 1.807) is 0 Å². The van der Waals surface area contributed by atoms with Crippen LogP contribution in [0.3, 0.4) is 0 Å². The first-order valence-corrected chi connectivity index (χ1v) is 6.74. The number of hydrogen-bond donors (Lipinski definition) is 1. The van der Waals surface area contributed by atoms with E-state index in [0.29, 0.717) is 19.4 Å². The molecule has 1 atom stereocenters. The van der Waals surface area contributed by atoms with Gasteiger partial charge in [0.15, 0.2) is 5.82 Å². The summed E-state index contributed by atoms with van der Waals surface area (Å²) in [6.45, 7) is 0.0389. The molecule has 1 saturated heterocycles. The maximum Gasteiger partial charge on any atom is 0.263 e. The zero-order chi connectivity index (χ0) is 12.5. The zero-order valence-corrected chi connectivity index (χ0v) is 9.90. The molecular weight excluding hydrogens is 247 g/mol. The van der Waals surface area contributed by atoms with Crippen molar-refractivity contribution >= 4 is 10.0 Å². The average Bonchev–Trinajstić information content (AvgIpc) is 2.78. The van der Waals surface area contributed by atoms with Crippen LogP contribution in [0.2, 0.25) is 0 Å². The van der Waals surface area contributed by atoms with E-state index in [2.05, 4.69) is 4.98 Å². The normalized spacial score (nSPS) is 21.9. The molecule has 2 rings (SSSR count). The lowest BCUT2D eigenvalue weighted by molar-refractivity contribution is 0.213. The molecular formula is C10H13FN2O3S. The maximum atomic E-state index is 13.4. The molecule has 1 fully saturated rings. The van der Waals surface area contributed by atoms with E-state index in [-0.39, 0.29) is 6.61 Å². The topological polar surface area (TPSA) is 70.5 Å². The number of aromatic nitrogens is 1. The fourth-order valence-corrected chi connectivity index (χ4v) is 3.64. The Morgan fingerprint density at radius 2 is 2.35 bits per heavy atom. The van der Waals surface area contributed by atoms with Gasteiger partial charge in [-0.15, -0.1) is 0 Å². The van der Waals surface area contributed by atoms with Gasteiger partial charge in [-0.2, -0.15) is 4.31 Å². The van der Waals surface area contributed by atoms with Crippen molar-refractivity contribution in [3.63, 3.8) is 0 Å². The molecule has 1 aromatic rings. The lowest BCUT2D eigenvalue weighted by Crippen LogP contribution is -2.38. The Kier molecular flexibility index (Phi) is 3.41. The van der Waals surface area contributed by atoms with Crippen LogP contribution in [0, 0.1) is 5.82 Å². The van der Waals surface area contributed by atoms with Gasteiger partial charge in [-0.25, -0.2) is 17.8 Å². The van der Waals surface area contributed by atoms with Crippen LogP contribution < -0.4 is 0 Å². The van der Waals surface area contributed by atoms with Crippen molar-refractivity contribution in [3.8, 4) is 0 Å². The van der Waals surface area contributed by atoms with Crippen LogP contribution in [-0.4, -0.2) is 42.0 Å². The second-order valence-electron chi connectivity index (χ2n) is 3.88. The third-order valence-electron chi connectivity index (χ3n) is 2.81. The second-order valence-corrected chi connectivity index (χ2v) is 5.69. The van der Waals surface area contributed by atoms with Gasteiger partial charge in [-0.3, -0.25) is 0 Å². The number of hydrogen-bond acceptors (Lipinski definition) is 4. The monoisotopic (exact) mass is 260 g/mol. The minimum absolute atomic E-state index is 0.256. The Labute approximate surface area is 99.0 Å². The first-order valence-electron chi connectivity index (χ1n) is 5.30. The van der Waals surface area contributed by atoms with Crippen molar-refractivity contribution in [2.45, 2.75) is 23.9 Å². The first kappa shape index (κ1) is 12.4. The fraction of sp³-hybridized carbons (Fsp3) is 0.500. The van der Waals surface area contributed by atoms with Crippen molar-refractivity contribution in [2.24, 2.45) is 0 Å². The Morgan fingerprint density at radius 1 is 1.59 bits per heavy atom. The van der Waals surface area contributed by atoms with Crippen LogP contribution in [0.4, 0.5) is 4.39 Å². The summed E-state index contributed by atoms with van der Waals surface area (Å²) in [5.41, 5.74) is 0. The molecule has 17 heavy (non-hydrogen) atoms. The summed E-state index contributed by atoms with van der Waals surface area (Å²) in [5, 5.41) is 8.53. The van der Waals surface area contributed by atoms with Gasteiger partial charge in [0.25, 0.3) is 10.0 Å². The molecule has 0 aliphatic carbocycles. The Hall–Kier alpha value is -1.05. The Morgan fingerprint density at radius 3 is 3.00 bits per heavy atom. The van der Waals surface area contributed by atoms with Gasteiger partial charge >= 0.3 is 0 Å². The molecule has 1 aliphatic rings. The zero-order valence-electron chi connectivity index (χ0n) is 9.08. The van der Waals surface area contributed by atoms with Crippen LogP contribution in [0.5, 0.6) is 0 Å². The summed E-state index contributed by atoms with van der Waals surface area (Å²) in [6.07, 6.45) is 2.49. The largest absolute Gasteiger partial charge is 0.395 e. The molecule has 94 valence electrons. The van der Waals surface area contributed by atoms with Crippen LogP contribution in [-0.2, 0) is 10.0 Å². The smallest absolute Gasteiger partial charge is 0.263 e. The van der Waals surface area contributed by atoms with E-state index in [4.69, 9.17) is 5.11 Å². The van der Waals surface area contributed by atoms with Crippen molar-refractivity contribution in [1.29, 1.82) is 0 Å². The molecule has 1 aromatic heterocycles. The van der Waals surface area contributed by atoms with Gasteiger partial charge in [0.1, 0.15) is 0 Å². The molecule has 2 heterocycles. The number of nitrogens with zero attached hydrogens (tertiary/aromatic N) is 2. The minimum Gasteiger partial charge on any atom is -0.395 e. The molecule has 5 nitrogen and oxygen atoms in total. The summed E-state index contributed by atoms with van der Waals surface area (Å²) >= 11 is 0. The molecule has 0 radical (unpaired) electrons. The Bertz CT molecular complexity index is 506. The highest BCUT2D eigenvalue weighted by Gasteiger charge is 2.37. The quantitative estimate of drug-likeness (QED) is 0.852. The molecule has 1 aliphatic heterocycles. The van der Waals surface area contributed by atoms with Gasteiger partial charge in [-0.05, 0) is 25.0 Å². The van der Waals surface area contributed by atoms with Crippen LogP contribution in [0.15, 0.2) is 23.4 Å². The SMILES string of the molecule is O=S(=O)(c1ncccc1F)N1CCC[C@H]1CO. The molecule has 7 heteroatoms. The van der Waals surface area contributed by atoms with E-state index in [9.17, 15) is 12.8 Å². The number of pyridine rings is 1. The molecule has 0 saturated carbocycles. The lowest BCUT2D eigenvalue weighted by atomic mass is 10.2. The number of sulfonamides is 1. The third kappa shape index (κ3) is 2.18. The highest BCUT2D eigenvalue weighted by molar-refractivity contribution is 7.89. The molecule has 0 aromatic carbocycles. The van der Waals surface area contributed by atoms with Crippen molar-refractivity contribution < 1.29 is 17.9 Å². The highest BCUT2D eigenvalue weighted by Crippen LogP contribution is 2.25.